The summed E-state index contributed by atoms with van der Waals surface area (Å²) in [6.07, 6.45) is 4.71. The molecule has 0 radical (unpaired) electrons. The largest absolute Gasteiger partial charge is 0.508 e. The van der Waals surface area contributed by atoms with Gasteiger partial charge in [0.05, 0.1) is 27.8 Å². The summed E-state index contributed by atoms with van der Waals surface area (Å²) in [6, 6.07) is 7.64. The molecule has 0 fully saturated rings. The number of phenolic OH excluding ortho intramolecular Hbond substituents is 1. The van der Waals surface area contributed by atoms with E-state index in [0.29, 0.717) is 28.2 Å². The number of phenols is 1. The Bertz CT molecular complexity index is 1020. The molecule has 3 aromatic rings. The summed E-state index contributed by atoms with van der Waals surface area (Å²) < 4.78 is 11.1. The van der Waals surface area contributed by atoms with Crippen LogP contribution in [-0.4, -0.2) is 23.9 Å². The van der Waals surface area contributed by atoms with Crippen molar-refractivity contribution in [1.29, 1.82) is 0 Å². The predicted octanol–water partition coefficient (Wildman–Crippen LogP) is 4.72. The summed E-state index contributed by atoms with van der Waals surface area (Å²) in [5, 5.41) is 10.4. The predicted molar refractivity (Wildman–Crippen MR) is 103 cm³/mol. The zero-order valence-corrected chi connectivity index (χ0v) is 15.5. The molecule has 0 unspecified atom stereocenters. The number of thioether (sulfide) groups is 1. The quantitative estimate of drug-likeness (QED) is 0.292. The van der Waals surface area contributed by atoms with E-state index < -0.39 is 5.97 Å². The molecule has 0 spiro atoms. The van der Waals surface area contributed by atoms with Crippen LogP contribution in [0.15, 0.2) is 44.4 Å². The van der Waals surface area contributed by atoms with E-state index in [9.17, 15) is 14.7 Å². The molecule has 136 valence electrons. The molecule has 1 aromatic heterocycles. The standard InChI is InChI=1S/C20H20O5S/c1-3-4-5-8-24-20(23)12-6-7-16-14(9-12)18(22)15-10-13(21)11-17(26-2)19(15)25-16/h6-7,9-11,21H,3-5,8H2,1-2H3. The highest BCUT2D eigenvalue weighted by Gasteiger charge is 2.15. The number of esters is 1. The first-order valence-electron chi connectivity index (χ1n) is 8.50. The number of ether oxygens (including phenoxy) is 1. The lowest BCUT2D eigenvalue weighted by molar-refractivity contribution is 0.0498. The van der Waals surface area contributed by atoms with Crippen molar-refractivity contribution in [3.63, 3.8) is 0 Å². The monoisotopic (exact) mass is 372 g/mol. The van der Waals surface area contributed by atoms with Gasteiger partial charge in [0.1, 0.15) is 11.3 Å². The zero-order valence-electron chi connectivity index (χ0n) is 14.7. The smallest absolute Gasteiger partial charge is 0.338 e. The van der Waals surface area contributed by atoms with Crippen LogP contribution in [-0.2, 0) is 4.74 Å². The van der Waals surface area contributed by atoms with Crippen LogP contribution in [0.1, 0.15) is 36.5 Å². The first-order chi connectivity index (χ1) is 12.5. The van der Waals surface area contributed by atoms with Gasteiger partial charge in [-0.05, 0) is 43.0 Å². The number of unbranched alkanes of at least 4 members (excludes halogenated alkanes) is 2. The molecule has 2 aromatic carbocycles. The Morgan fingerprint density at radius 2 is 2.00 bits per heavy atom. The second kappa shape index (κ2) is 7.83. The number of carbonyl (C=O) groups excluding carboxylic acids is 1. The first-order valence-corrected chi connectivity index (χ1v) is 9.72. The second-order valence-corrected chi connectivity index (χ2v) is 6.86. The Morgan fingerprint density at radius 1 is 1.19 bits per heavy atom. The van der Waals surface area contributed by atoms with Crippen LogP contribution in [0.3, 0.4) is 0 Å². The van der Waals surface area contributed by atoms with Gasteiger partial charge in [-0.1, -0.05) is 19.8 Å². The van der Waals surface area contributed by atoms with Gasteiger partial charge in [-0.3, -0.25) is 4.79 Å². The minimum absolute atomic E-state index is 0.0000107. The van der Waals surface area contributed by atoms with Crippen molar-refractivity contribution in [2.45, 2.75) is 31.1 Å². The SMILES string of the molecule is CCCCCOC(=O)c1ccc2oc3c(SC)cc(O)cc3c(=O)c2c1. The van der Waals surface area contributed by atoms with Gasteiger partial charge in [-0.15, -0.1) is 11.8 Å². The molecule has 0 atom stereocenters. The van der Waals surface area contributed by atoms with E-state index in [1.54, 1.807) is 18.2 Å². The highest BCUT2D eigenvalue weighted by atomic mass is 32.2. The number of hydrogen-bond acceptors (Lipinski definition) is 6. The third-order valence-corrected chi connectivity index (χ3v) is 4.90. The maximum absolute atomic E-state index is 12.8. The molecule has 0 amide bonds. The number of carbonyl (C=O) groups is 1. The van der Waals surface area contributed by atoms with E-state index in [1.807, 2.05) is 6.26 Å². The molecule has 1 N–H and O–H groups in total. The third kappa shape index (κ3) is 3.55. The normalized spacial score (nSPS) is 11.2. The number of hydrogen-bond donors (Lipinski definition) is 1. The average Bonchev–Trinajstić information content (AvgIpc) is 2.65. The third-order valence-electron chi connectivity index (χ3n) is 4.16. The highest BCUT2D eigenvalue weighted by Crippen LogP contribution is 2.31. The molecule has 0 aliphatic rings. The lowest BCUT2D eigenvalue weighted by Gasteiger charge is -2.08. The topological polar surface area (TPSA) is 76.7 Å². The van der Waals surface area contributed by atoms with E-state index in [0.717, 1.165) is 19.3 Å². The Labute approximate surface area is 155 Å². The van der Waals surface area contributed by atoms with Gasteiger partial charge < -0.3 is 14.3 Å². The van der Waals surface area contributed by atoms with Gasteiger partial charge in [0.15, 0.2) is 5.58 Å². The molecule has 5 nitrogen and oxygen atoms in total. The van der Waals surface area contributed by atoms with Crippen molar-refractivity contribution in [2.75, 3.05) is 12.9 Å². The van der Waals surface area contributed by atoms with Gasteiger partial charge in [0.25, 0.3) is 0 Å². The van der Waals surface area contributed by atoms with Gasteiger partial charge in [0.2, 0.25) is 5.43 Å². The van der Waals surface area contributed by atoms with Crippen LogP contribution in [0.25, 0.3) is 21.9 Å². The summed E-state index contributed by atoms with van der Waals surface area (Å²) in [6.45, 7) is 2.44. The zero-order chi connectivity index (χ0) is 18.7. The van der Waals surface area contributed by atoms with Crippen LogP contribution in [0, 0.1) is 0 Å². The maximum Gasteiger partial charge on any atom is 0.338 e. The number of aromatic hydroxyl groups is 1. The first kappa shape index (κ1) is 18.3. The Balaban J connectivity index is 2.04. The number of benzene rings is 2. The van der Waals surface area contributed by atoms with E-state index in [1.165, 1.54) is 23.9 Å². The molecule has 0 aliphatic carbocycles. The molecule has 0 aliphatic heterocycles. The van der Waals surface area contributed by atoms with Crippen molar-refractivity contribution >= 4 is 39.7 Å². The van der Waals surface area contributed by atoms with Gasteiger partial charge in [-0.2, -0.15) is 0 Å². The fourth-order valence-electron chi connectivity index (χ4n) is 2.79. The highest BCUT2D eigenvalue weighted by molar-refractivity contribution is 7.98. The van der Waals surface area contributed by atoms with Crippen LogP contribution < -0.4 is 5.43 Å². The van der Waals surface area contributed by atoms with Crippen LogP contribution in [0.4, 0.5) is 0 Å². The van der Waals surface area contributed by atoms with Crippen molar-refractivity contribution in [3.8, 4) is 5.75 Å². The lowest BCUT2D eigenvalue weighted by atomic mass is 10.1. The van der Waals surface area contributed by atoms with Crippen molar-refractivity contribution < 1.29 is 19.1 Å². The van der Waals surface area contributed by atoms with E-state index in [-0.39, 0.29) is 22.0 Å². The molecule has 0 saturated carbocycles. The Hall–Kier alpha value is -2.47. The number of rotatable bonds is 6. The minimum Gasteiger partial charge on any atom is -0.508 e. The molecular formula is C20H20O5S. The van der Waals surface area contributed by atoms with Crippen LogP contribution >= 0.6 is 11.8 Å². The minimum atomic E-state index is -0.455. The van der Waals surface area contributed by atoms with E-state index in [2.05, 4.69) is 6.92 Å². The fourth-order valence-corrected chi connectivity index (χ4v) is 3.37. The maximum atomic E-state index is 12.8. The number of fused-ring (bicyclic) bond motifs is 2. The van der Waals surface area contributed by atoms with Gasteiger partial charge >= 0.3 is 5.97 Å². The summed E-state index contributed by atoms with van der Waals surface area (Å²) in [5.74, 6) is -0.455. The van der Waals surface area contributed by atoms with Crippen molar-refractivity contribution in [3.05, 3.63) is 46.1 Å². The summed E-state index contributed by atoms with van der Waals surface area (Å²) >= 11 is 1.38. The molecule has 0 saturated heterocycles. The van der Waals surface area contributed by atoms with E-state index >= 15 is 0 Å². The Morgan fingerprint density at radius 3 is 2.73 bits per heavy atom. The molecular weight excluding hydrogens is 352 g/mol. The lowest BCUT2D eigenvalue weighted by Crippen LogP contribution is -2.08. The van der Waals surface area contributed by atoms with E-state index in [4.69, 9.17) is 9.15 Å². The van der Waals surface area contributed by atoms with Crippen LogP contribution in [0.2, 0.25) is 0 Å². The van der Waals surface area contributed by atoms with Gasteiger partial charge in [-0.25, -0.2) is 4.79 Å². The average molecular weight is 372 g/mol. The van der Waals surface area contributed by atoms with Crippen molar-refractivity contribution in [1.82, 2.24) is 0 Å². The van der Waals surface area contributed by atoms with Gasteiger partial charge in [0, 0.05) is 0 Å². The molecule has 3 rings (SSSR count). The molecule has 1 heterocycles. The molecule has 6 heteroatoms. The second-order valence-electron chi connectivity index (χ2n) is 6.01. The summed E-state index contributed by atoms with van der Waals surface area (Å²) in [4.78, 5) is 25.7. The molecule has 26 heavy (non-hydrogen) atoms. The van der Waals surface area contributed by atoms with Crippen LogP contribution in [0.5, 0.6) is 5.75 Å². The molecule has 0 bridgehead atoms. The summed E-state index contributed by atoms with van der Waals surface area (Å²) in [7, 11) is 0. The fraction of sp³-hybridized carbons (Fsp3) is 0.300. The summed E-state index contributed by atoms with van der Waals surface area (Å²) in [5.41, 5.74) is 0.854. The Kier molecular flexibility index (Phi) is 5.52. The van der Waals surface area contributed by atoms with Crippen molar-refractivity contribution in [2.24, 2.45) is 0 Å².